The number of nitrogens with two attached hydrogens (primary N) is 1. The van der Waals surface area contributed by atoms with Gasteiger partial charge in [0.15, 0.2) is 11.0 Å². The summed E-state index contributed by atoms with van der Waals surface area (Å²) in [5, 5.41) is 12.8. The number of thioether (sulfide) groups is 1. The van der Waals surface area contributed by atoms with Gasteiger partial charge < -0.3 is 10.6 Å². The van der Waals surface area contributed by atoms with E-state index in [4.69, 9.17) is 17.3 Å². The minimum absolute atomic E-state index is 0.119. The van der Waals surface area contributed by atoms with Crippen molar-refractivity contribution in [3.05, 3.63) is 69.4 Å². The Morgan fingerprint density at radius 1 is 1.22 bits per heavy atom. The quantitative estimate of drug-likeness (QED) is 0.337. The van der Waals surface area contributed by atoms with E-state index in [1.54, 1.807) is 22.7 Å². The molecule has 0 atom stereocenters. The highest BCUT2D eigenvalue weighted by Crippen LogP contribution is 2.32. The van der Waals surface area contributed by atoms with Crippen LogP contribution in [-0.4, -0.2) is 54.5 Å². The molecule has 0 unspecified atom stereocenters. The summed E-state index contributed by atoms with van der Waals surface area (Å²) in [6, 6.07) is 9.50. The molecule has 1 aliphatic rings. The molecule has 9 nitrogen and oxygen atoms in total. The van der Waals surface area contributed by atoms with Gasteiger partial charge >= 0.3 is 0 Å². The Bertz CT molecular complexity index is 1430. The number of amides is 2. The molecule has 0 aliphatic carbocycles. The molecule has 0 bridgehead atoms. The highest BCUT2D eigenvalue weighted by Gasteiger charge is 2.27. The summed E-state index contributed by atoms with van der Waals surface area (Å²) in [5.74, 6) is 0.602. The summed E-state index contributed by atoms with van der Waals surface area (Å²) in [7, 11) is 0. The van der Waals surface area contributed by atoms with Crippen molar-refractivity contribution in [1.29, 1.82) is 0 Å². The summed E-state index contributed by atoms with van der Waals surface area (Å²) in [6.45, 7) is 3.03. The van der Waals surface area contributed by atoms with Gasteiger partial charge in [0.1, 0.15) is 10.7 Å². The Kier molecular flexibility index (Phi) is 7.54. The van der Waals surface area contributed by atoms with Crippen molar-refractivity contribution in [3.8, 4) is 17.1 Å². The molecule has 0 saturated carbocycles. The molecule has 0 spiro atoms. The molecule has 2 amide bonds. The Morgan fingerprint density at radius 3 is 2.76 bits per heavy atom. The number of aryl methyl sites for hydroxylation is 1. The lowest BCUT2D eigenvalue weighted by molar-refractivity contribution is -0.123. The third kappa shape index (κ3) is 5.53. The van der Waals surface area contributed by atoms with Gasteiger partial charge in [-0.3, -0.25) is 19.1 Å². The maximum absolute atomic E-state index is 12.9. The molecule has 5 rings (SSSR count). The van der Waals surface area contributed by atoms with E-state index in [9.17, 15) is 9.59 Å². The van der Waals surface area contributed by atoms with Crippen LogP contribution in [0.15, 0.2) is 53.3 Å². The minimum atomic E-state index is -0.299. The minimum Gasteiger partial charge on any atom is -0.369 e. The molecule has 4 heterocycles. The van der Waals surface area contributed by atoms with E-state index in [-0.39, 0.29) is 17.7 Å². The lowest BCUT2D eigenvalue weighted by Crippen LogP contribution is -2.41. The number of halogens is 1. The summed E-state index contributed by atoms with van der Waals surface area (Å²) in [6.07, 6.45) is 4.64. The molecular formula is C25H24ClN7O2S2. The number of hydrogen-bond acceptors (Lipinski definition) is 8. The highest BCUT2D eigenvalue weighted by atomic mass is 35.5. The first-order valence-corrected chi connectivity index (χ1v) is 13.9. The van der Waals surface area contributed by atoms with E-state index in [1.807, 2.05) is 41.8 Å². The molecule has 0 radical (unpaired) electrons. The molecule has 1 fully saturated rings. The van der Waals surface area contributed by atoms with Crippen molar-refractivity contribution in [1.82, 2.24) is 29.6 Å². The highest BCUT2D eigenvalue weighted by molar-refractivity contribution is 7.98. The molecule has 3 aromatic heterocycles. The molecule has 4 aromatic rings. The van der Waals surface area contributed by atoms with Crippen molar-refractivity contribution >= 4 is 46.5 Å². The summed E-state index contributed by atoms with van der Waals surface area (Å²) < 4.78 is 1.98. The predicted octanol–water partition coefficient (Wildman–Crippen LogP) is 4.38. The summed E-state index contributed by atoms with van der Waals surface area (Å²) in [5.41, 5.74) is 8.57. The molecule has 1 aromatic carbocycles. The van der Waals surface area contributed by atoms with Crippen LogP contribution in [0.1, 0.15) is 33.9 Å². The van der Waals surface area contributed by atoms with Gasteiger partial charge in [-0.25, -0.2) is 4.98 Å². The number of rotatable bonds is 7. The predicted molar refractivity (Wildman–Crippen MR) is 144 cm³/mol. The third-order valence-corrected chi connectivity index (χ3v) is 8.45. The molecule has 190 valence electrons. The second-order valence-electron chi connectivity index (χ2n) is 8.70. The van der Waals surface area contributed by atoms with E-state index >= 15 is 0 Å². The van der Waals surface area contributed by atoms with Crippen LogP contribution < -0.4 is 5.73 Å². The fraction of sp³-hybridized carbons (Fsp3) is 0.280. The van der Waals surface area contributed by atoms with Crippen LogP contribution in [0, 0.1) is 12.8 Å². The number of nitrogens with zero attached hydrogens (tertiary/aromatic N) is 6. The maximum Gasteiger partial charge on any atom is 0.273 e. The van der Waals surface area contributed by atoms with Crippen molar-refractivity contribution < 1.29 is 9.59 Å². The monoisotopic (exact) mass is 553 g/mol. The van der Waals surface area contributed by atoms with E-state index in [2.05, 4.69) is 20.2 Å². The van der Waals surface area contributed by atoms with Crippen LogP contribution in [0.2, 0.25) is 5.02 Å². The van der Waals surface area contributed by atoms with Gasteiger partial charge in [-0.1, -0.05) is 29.4 Å². The van der Waals surface area contributed by atoms with E-state index in [0.29, 0.717) is 53.4 Å². The summed E-state index contributed by atoms with van der Waals surface area (Å²) in [4.78, 5) is 34.9. The van der Waals surface area contributed by atoms with Gasteiger partial charge in [0, 0.05) is 47.4 Å². The summed E-state index contributed by atoms with van der Waals surface area (Å²) >= 11 is 9.26. The van der Waals surface area contributed by atoms with Crippen LogP contribution in [0.5, 0.6) is 0 Å². The molecule has 12 heteroatoms. The van der Waals surface area contributed by atoms with Crippen molar-refractivity contribution in [2.75, 3.05) is 13.1 Å². The Hall–Kier alpha value is -3.28. The van der Waals surface area contributed by atoms with Crippen molar-refractivity contribution in [3.63, 3.8) is 0 Å². The fourth-order valence-corrected chi connectivity index (χ4v) is 6.11. The zero-order valence-corrected chi connectivity index (χ0v) is 22.4. The first-order valence-electron chi connectivity index (χ1n) is 11.7. The molecular weight excluding hydrogens is 530 g/mol. The largest absolute Gasteiger partial charge is 0.369 e. The Morgan fingerprint density at radius 2 is 2.03 bits per heavy atom. The number of pyridine rings is 1. The average Bonchev–Trinajstić information content (AvgIpc) is 3.56. The zero-order valence-electron chi connectivity index (χ0n) is 20.0. The average molecular weight is 554 g/mol. The van der Waals surface area contributed by atoms with Crippen molar-refractivity contribution in [2.24, 2.45) is 11.7 Å². The molecule has 37 heavy (non-hydrogen) atoms. The van der Waals surface area contributed by atoms with Crippen LogP contribution in [0.25, 0.3) is 17.1 Å². The van der Waals surface area contributed by atoms with E-state index < -0.39 is 0 Å². The third-order valence-electron chi connectivity index (χ3n) is 6.25. The standard InChI is InChI=1S/C25H24ClN7O2S2/c1-15-4-5-18(26)11-20(15)33-23(17-3-2-8-28-12-17)30-31-25(33)37-14-21-29-19(13-36-21)24(35)32-9-6-16(7-10-32)22(27)34/h2-5,8,11-13,16H,6-7,9-10,14H2,1H3,(H2,27,34). The van der Waals surface area contributed by atoms with Crippen LogP contribution in [0.4, 0.5) is 0 Å². The normalized spacial score (nSPS) is 14.2. The van der Waals surface area contributed by atoms with Gasteiger partial charge in [-0.05, 0) is 49.6 Å². The van der Waals surface area contributed by atoms with Crippen LogP contribution >= 0.6 is 34.7 Å². The fourth-order valence-electron chi connectivity index (χ4n) is 4.22. The van der Waals surface area contributed by atoms with Crippen LogP contribution in [0.3, 0.4) is 0 Å². The Balaban J connectivity index is 1.35. The SMILES string of the molecule is Cc1ccc(Cl)cc1-n1c(SCc2nc(C(=O)N3CCC(C(N)=O)CC3)cs2)nnc1-c1cccnc1. The topological polar surface area (TPSA) is 120 Å². The van der Waals surface area contributed by atoms with Gasteiger partial charge in [-0.2, -0.15) is 0 Å². The second kappa shape index (κ2) is 11.0. The first-order chi connectivity index (χ1) is 17.9. The first kappa shape index (κ1) is 25.4. The van der Waals surface area contributed by atoms with Gasteiger partial charge in [0.2, 0.25) is 5.91 Å². The second-order valence-corrected chi connectivity index (χ2v) is 11.0. The molecule has 2 N–H and O–H groups in total. The number of carbonyl (C=O) groups excluding carboxylic acids is 2. The number of primary amides is 1. The number of likely N-dealkylation sites (tertiary alicyclic amines) is 1. The van der Waals surface area contributed by atoms with Gasteiger partial charge in [0.05, 0.1) is 11.4 Å². The number of carbonyl (C=O) groups is 2. The number of hydrogen-bond donors (Lipinski definition) is 1. The number of aromatic nitrogens is 5. The smallest absolute Gasteiger partial charge is 0.273 e. The van der Waals surface area contributed by atoms with E-state index in [1.165, 1.54) is 23.1 Å². The number of benzene rings is 1. The zero-order chi connectivity index (χ0) is 25.9. The Labute approximate surface area is 227 Å². The maximum atomic E-state index is 12.9. The lowest BCUT2D eigenvalue weighted by atomic mass is 9.96. The van der Waals surface area contributed by atoms with Gasteiger partial charge in [-0.15, -0.1) is 21.5 Å². The van der Waals surface area contributed by atoms with E-state index in [0.717, 1.165) is 21.8 Å². The molecule has 1 aliphatic heterocycles. The number of piperidine rings is 1. The molecule has 1 saturated heterocycles. The van der Waals surface area contributed by atoms with Gasteiger partial charge in [0.25, 0.3) is 5.91 Å². The van der Waals surface area contributed by atoms with Crippen LogP contribution in [-0.2, 0) is 10.5 Å². The lowest BCUT2D eigenvalue weighted by Gasteiger charge is -2.30. The van der Waals surface area contributed by atoms with Crippen molar-refractivity contribution in [2.45, 2.75) is 30.7 Å². The number of thiazole rings is 1.